The van der Waals surface area contributed by atoms with Crippen molar-refractivity contribution in [2.45, 2.75) is 0 Å². The number of pyridine rings is 1. The van der Waals surface area contributed by atoms with E-state index in [4.69, 9.17) is 4.74 Å². The van der Waals surface area contributed by atoms with Gasteiger partial charge in [-0.1, -0.05) is 6.07 Å². The fourth-order valence-corrected chi connectivity index (χ4v) is 2.53. The maximum Gasteiger partial charge on any atom is 0.339 e. The predicted molar refractivity (Wildman–Crippen MR) is 84.8 cm³/mol. The van der Waals surface area contributed by atoms with Crippen LogP contribution in [-0.2, 0) is 9.47 Å². The standard InChI is InChI=1S/C17H13NO5/c1-22-16(20)9-6-7-10-13(8-9)18-14-11(15(10)19)4-3-5-12(14)17(21)23-2/h3-8H,1-2H3,(H,18,19). The van der Waals surface area contributed by atoms with Crippen LogP contribution in [0.3, 0.4) is 0 Å². The summed E-state index contributed by atoms with van der Waals surface area (Å²) >= 11 is 0. The molecule has 0 unspecified atom stereocenters. The summed E-state index contributed by atoms with van der Waals surface area (Å²) in [5.74, 6) is -1.05. The molecule has 0 aliphatic heterocycles. The number of hydrogen-bond acceptors (Lipinski definition) is 5. The molecule has 0 saturated heterocycles. The first kappa shape index (κ1) is 14.8. The van der Waals surface area contributed by atoms with Crippen LogP contribution in [-0.4, -0.2) is 31.1 Å². The Morgan fingerprint density at radius 1 is 0.957 bits per heavy atom. The van der Waals surface area contributed by atoms with Gasteiger partial charge in [0.15, 0.2) is 5.43 Å². The molecule has 0 spiro atoms. The van der Waals surface area contributed by atoms with Gasteiger partial charge in [-0.25, -0.2) is 9.59 Å². The third-order valence-corrected chi connectivity index (χ3v) is 3.66. The van der Waals surface area contributed by atoms with Gasteiger partial charge in [0.05, 0.1) is 36.4 Å². The normalized spacial score (nSPS) is 10.7. The smallest absolute Gasteiger partial charge is 0.339 e. The van der Waals surface area contributed by atoms with Crippen molar-refractivity contribution in [2.24, 2.45) is 0 Å². The number of methoxy groups -OCH3 is 2. The Morgan fingerprint density at radius 2 is 1.70 bits per heavy atom. The monoisotopic (exact) mass is 311 g/mol. The van der Waals surface area contributed by atoms with Crippen LogP contribution in [0, 0.1) is 0 Å². The molecular formula is C17H13NO5. The molecule has 0 bridgehead atoms. The molecule has 6 nitrogen and oxygen atoms in total. The molecule has 23 heavy (non-hydrogen) atoms. The van der Waals surface area contributed by atoms with E-state index in [1.807, 2.05) is 0 Å². The number of para-hydroxylation sites is 1. The van der Waals surface area contributed by atoms with Crippen LogP contribution >= 0.6 is 0 Å². The van der Waals surface area contributed by atoms with E-state index in [-0.39, 0.29) is 11.0 Å². The van der Waals surface area contributed by atoms with E-state index in [2.05, 4.69) is 9.72 Å². The number of H-pyrrole nitrogens is 1. The number of fused-ring (bicyclic) bond motifs is 2. The van der Waals surface area contributed by atoms with Crippen molar-refractivity contribution in [1.29, 1.82) is 0 Å². The van der Waals surface area contributed by atoms with Gasteiger partial charge in [0, 0.05) is 10.8 Å². The van der Waals surface area contributed by atoms with Gasteiger partial charge in [0.2, 0.25) is 0 Å². The van der Waals surface area contributed by atoms with Crippen molar-refractivity contribution < 1.29 is 19.1 Å². The Morgan fingerprint density at radius 3 is 2.39 bits per heavy atom. The van der Waals surface area contributed by atoms with Crippen LogP contribution in [0.15, 0.2) is 41.2 Å². The number of benzene rings is 2. The second-order valence-electron chi connectivity index (χ2n) is 4.93. The molecule has 1 N–H and O–H groups in total. The highest BCUT2D eigenvalue weighted by Gasteiger charge is 2.15. The molecule has 0 radical (unpaired) electrons. The van der Waals surface area contributed by atoms with E-state index in [1.54, 1.807) is 24.3 Å². The van der Waals surface area contributed by atoms with Crippen LogP contribution in [0.4, 0.5) is 0 Å². The molecular weight excluding hydrogens is 298 g/mol. The number of aromatic nitrogens is 1. The SMILES string of the molecule is COC(=O)c1ccc2c(=O)c3cccc(C(=O)OC)c3[nH]c2c1. The maximum atomic E-state index is 12.6. The van der Waals surface area contributed by atoms with Gasteiger partial charge in [-0.3, -0.25) is 4.79 Å². The van der Waals surface area contributed by atoms with Crippen molar-refractivity contribution in [3.8, 4) is 0 Å². The Kier molecular flexibility index (Phi) is 3.57. The molecule has 0 aliphatic rings. The zero-order chi connectivity index (χ0) is 16.6. The Bertz CT molecular complexity index is 1000. The first-order valence-corrected chi connectivity index (χ1v) is 6.82. The molecule has 3 rings (SSSR count). The van der Waals surface area contributed by atoms with Crippen molar-refractivity contribution in [3.05, 3.63) is 57.7 Å². The van der Waals surface area contributed by atoms with Crippen molar-refractivity contribution in [3.63, 3.8) is 0 Å². The first-order chi connectivity index (χ1) is 11.1. The summed E-state index contributed by atoms with van der Waals surface area (Å²) < 4.78 is 9.42. The molecule has 3 aromatic rings. The zero-order valence-corrected chi connectivity index (χ0v) is 12.5. The summed E-state index contributed by atoms with van der Waals surface area (Å²) in [5.41, 5.74) is 1.16. The molecule has 1 aromatic heterocycles. The Labute approximate surface area is 130 Å². The lowest BCUT2D eigenvalue weighted by Crippen LogP contribution is -2.10. The summed E-state index contributed by atoms with van der Waals surface area (Å²) in [5, 5.41) is 0.804. The van der Waals surface area contributed by atoms with Gasteiger partial charge in [0.1, 0.15) is 0 Å². The molecule has 116 valence electrons. The van der Waals surface area contributed by atoms with Crippen LogP contribution in [0.2, 0.25) is 0 Å². The van der Waals surface area contributed by atoms with Crippen molar-refractivity contribution in [2.75, 3.05) is 14.2 Å². The number of hydrogen-bond donors (Lipinski definition) is 1. The van der Waals surface area contributed by atoms with Gasteiger partial charge in [0.25, 0.3) is 0 Å². The summed E-state index contributed by atoms with van der Waals surface area (Å²) in [6.07, 6.45) is 0. The third-order valence-electron chi connectivity index (χ3n) is 3.66. The maximum absolute atomic E-state index is 12.6. The van der Waals surface area contributed by atoms with Gasteiger partial charge in [-0.05, 0) is 30.3 Å². The highest BCUT2D eigenvalue weighted by molar-refractivity contribution is 6.06. The predicted octanol–water partition coefficient (Wildman–Crippen LogP) is 2.25. The summed E-state index contributed by atoms with van der Waals surface area (Å²) in [6, 6.07) is 9.44. The average molecular weight is 311 g/mol. The number of rotatable bonds is 2. The molecule has 0 saturated carbocycles. The van der Waals surface area contributed by atoms with Crippen LogP contribution < -0.4 is 5.43 Å². The second-order valence-corrected chi connectivity index (χ2v) is 4.93. The minimum atomic E-state index is -0.547. The van der Waals surface area contributed by atoms with Gasteiger partial charge in [-0.15, -0.1) is 0 Å². The molecule has 6 heteroatoms. The number of nitrogens with one attached hydrogen (secondary N) is 1. The lowest BCUT2D eigenvalue weighted by molar-refractivity contribution is 0.0592. The summed E-state index contributed by atoms with van der Waals surface area (Å²) in [7, 11) is 2.56. The highest BCUT2D eigenvalue weighted by Crippen LogP contribution is 2.20. The number of esters is 2. The topological polar surface area (TPSA) is 85.5 Å². The molecule has 2 aromatic carbocycles. The minimum absolute atomic E-state index is 0.226. The zero-order valence-electron chi connectivity index (χ0n) is 12.5. The van der Waals surface area contributed by atoms with E-state index in [0.29, 0.717) is 27.4 Å². The largest absolute Gasteiger partial charge is 0.465 e. The molecule has 1 heterocycles. The minimum Gasteiger partial charge on any atom is -0.465 e. The van der Waals surface area contributed by atoms with E-state index >= 15 is 0 Å². The van der Waals surface area contributed by atoms with Crippen molar-refractivity contribution >= 4 is 33.7 Å². The highest BCUT2D eigenvalue weighted by atomic mass is 16.5. The van der Waals surface area contributed by atoms with Gasteiger partial charge in [-0.2, -0.15) is 0 Å². The molecule has 0 amide bonds. The fourth-order valence-electron chi connectivity index (χ4n) is 2.53. The van der Waals surface area contributed by atoms with E-state index in [0.717, 1.165) is 0 Å². The fraction of sp³-hybridized carbons (Fsp3) is 0.118. The van der Waals surface area contributed by atoms with Gasteiger partial charge >= 0.3 is 11.9 Å². The third kappa shape index (κ3) is 2.34. The summed E-state index contributed by atoms with van der Waals surface area (Å²) in [6.45, 7) is 0. The lowest BCUT2D eigenvalue weighted by atomic mass is 10.0. The molecule has 0 aliphatic carbocycles. The number of aromatic amines is 1. The van der Waals surface area contributed by atoms with E-state index < -0.39 is 11.9 Å². The summed E-state index contributed by atoms with van der Waals surface area (Å²) in [4.78, 5) is 39.2. The van der Waals surface area contributed by atoms with E-state index in [1.165, 1.54) is 26.4 Å². The quantitative estimate of drug-likeness (QED) is 0.579. The van der Waals surface area contributed by atoms with Crippen molar-refractivity contribution in [1.82, 2.24) is 4.98 Å². The molecule has 0 fully saturated rings. The van der Waals surface area contributed by atoms with Crippen LogP contribution in [0.25, 0.3) is 21.8 Å². The van der Waals surface area contributed by atoms with Crippen LogP contribution in [0.1, 0.15) is 20.7 Å². The average Bonchev–Trinajstić information content (AvgIpc) is 2.59. The first-order valence-electron chi connectivity index (χ1n) is 6.82. The number of carbonyl (C=O) groups is 2. The Hall–Kier alpha value is -3.15. The second kappa shape index (κ2) is 5.57. The van der Waals surface area contributed by atoms with Crippen LogP contribution in [0.5, 0.6) is 0 Å². The Balaban J connectivity index is 2.39. The molecule has 0 atom stereocenters. The number of ether oxygens (including phenoxy) is 2. The van der Waals surface area contributed by atoms with E-state index in [9.17, 15) is 14.4 Å². The lowest BCUT2D eigenvalue weighted by Gasteiger charge is -2.08. The number of carbonyl (C=O) groups excluding carboxylic acids is 2. The van der Waals surface area contributed by atoms with Gasteiger partial charge < -0.3 is 14.5 Å².